The molecule has 0 aliphatic heterocycles. The molecule has 33 heavy (non-hydrogen) atoms. The maximum absolute atomic E-state index is 12.4. The van der Waals surface area contributed by atoms with Crippen LogP contribution in [0.15, 0.2) is 71.8 Å². The van der Waals surface area contributed by atoms with Gasteiger partial charge in [0.2, 0.25) is 0 Å². The first kappa shape index (κ1) is 22.7. The summed E-state index contributed by atoms with van der Waals surface area (Å²) in [6.07, 6.45) is 1.09. The van der Waals surface area contributed by atoms with E-state index in [1.165, 1.54) is 36.4 Å². The molecule has 0 aliphatic rings. The molecule has 11 heteroatoms. The molecule has 166 valence electrons. The lowest BCUT2D eigenvalue weighted by Crippen LogP contribution is -2.17. The molecule has 0 saturated heterocycles. The van der Waals surface area contributed by atoms with Crippen LogP contribution in [0.2, 0.25) is 0 Å². The maximum atomic E-state index is 12.4. The van der Waals surface area contributed by atoms with Crippen molar-refractivity contribution in [2.24, 2.45) is 5.10 Å². The van der Waals surface area contributed by atoms with Gasteiger partial charge in [0.25, 0.3) is 17.3 Å². The number of benzene rings is 3. The van der Waals surface area contributed by atoms with Gasteiger partial charge in [0.15, 0.2) is 0 Å². The van der Waals surface area contributed by atoms with Crippen LogP contribution in [0.1, 0.15) is 31.8 Å². The number of ether oxygens (including phenoxy) is 1. The molecule has 0 saturated carbocycles. The van der Waals surface area contributed by atoms with Crippen LogP contribution in [0, 0.1) is 27.2 Å². The smallest absolute Gasteiger partial charge is 0.343 e. The van der Waals surface area contributed by atoms with Gasteiger partial charge in [0, 0.05) is 35.4 Å². The topological polar surface area (TPSA) is 154 Å². The highest BCUT2D eigenvalue weighted by Gasteiger charge is 2.15. The van der Waals surface area contributed by atoms with Gasteiger partial charge in [-0.25, -0.2) is 10.2 Å². The van der Waals surface area contributed by atoms with E-state index in [9.17, 15) is 29.8 Å². The summed E-state index contributed by atoms with van der Waals surface area (Å²) in [5, 5.41) is 25.6. The lowest BCUT2D eigenvalue weighted by molar-refractivity contribution is -0.385. The molecule has 0 bridgehead atoms. The summed E-state index contributed by atoms with van der Waals surface area (Å²) in [6.45, 7) is 1.87. The summed E-state index contributed by atoms with van der Waals surface area (Å²) in [4.78, 5) is 45.2. The number of nitro benzene ring substituents is 2. The van der Waals surface area contributed by atoms with Crippen LogP contribution >= 0.6 is 0 Å². The number of amides is 1. The molecule has 0 aromatic heterocycles. The van der Waals surface area contributed by atoms with Crippen molar-refractivity contribution in [2.45, 2.75) is 6.92 Å². The average molecular weight is 448 g/mol. The number of carbonyl (C=O) groups is 2. The Bertz CT molecular complexity index is 1250. The van der Waals surface area contributed by atoms with Crippen LogP contribution in [0.25, 0.3) is 0 Å². The number of hydrogen-bond acceptors (Lipinski definition) is 8. The minimum atomic E-state index is -0.673. The SMILES string of the molecule is Cc1ccc(C(=O)Oc2ccc([N+](=O)[O-])cc2/C=N/NC(=O)c2ccc([N+](=O)[O-])cc2)cc1. The zero-order valence-electron chi connectivity index (χ0n) is 17.1. The van der Waals surface area contributed by atoms with E-state index in [2.05, 4.69) is 10.5 Å². The number of nitro groups is 2. The van der Waals surface area contributed by atoms with Gasteiger partial charge in [-0.1, -0.05) is 17.7 Å². The van der Waals surface area contributed by atoms with Crippen molar-refractivity contribution in [3.8, 4) is 5.75 Å². The second kappa shape index (κ2) is 9.92. The molecule has 3 aromatic rings. The number of carbonyl (C=O) groups excluding carboxylic acids is 2. The van der Waals surface area contributed by atoms with Crippen LogP contribution < -0.4 is 10.2 Å². The van der Waals surface area contributed by atoms with Gasteiger partial charge in [-0.2, -0.15) is 5.10 Å². The van der Waals surface area contributed by atoms with E-state index in [4.69, 9.17) is 4.74 Å². The number of nitrogens with one attached hydrogen (secondary N) is 1. The molecule has 1 amide bonds. The molecule has 0 spiro atoms. The van der Waals surface area contributed by atoms with E-state index in [0.29, 0.717) is 0 Å². The molecule has 0 aliphatic carbocycles. The van der Waals surface area contributed by atoms with Crippen molar-refractivity contribution in [2.75, 3.05) is 0 Å². The third-order valence-corrected chi connectivity index (χ3v) is 4.40. The van der Waals surface area contributed by atoms with Crippen LogP contribution in [-0.4, -0.2) is 27.9 Å². The molecule has 11 nitrogen and oxygen atoms in total. The Kier molecular flexibility index (Phi) is 6.84. The van der Waals surface area contributed by atoms with Crippen molar-refractivity contribution >= 4 is 29.5 Å². The van der Waals surface area contributed by atoms with Crippen molar-refractivity contribution in [1.82, 2.24) is 5.43 Å². The number of hydrogen-bond donors (Lipinski definition) is 1. The highest BCUT2D eigenvalue weighted by atomic mass is 16.6. The molecule has 3 aromatic carbocycles. The Morgan fingerprint density at radius 1 is 0.879 bits per heavy atom. The standard InChI is InChI=1S/C22H16N4O7/c1-14-2-4-16(5-3-14)22(28)33-20-11-10-19(26(31)32)12-17(20)13-23-24-21(27)15-6-8-18(9-7-15)25(29)30/h2-13H,1H3,(H,24,27)/b23-13+. The van der Waals surface area contributed by atoms with Gasteiger partial charge < -0.3 is 4.74 Å². The van der Waals surface area contributed by atoms with Gasteiger partial charge in [-0.15, -0.1) is 0 Å². The Morgan fingerprint density at radius 2 is 1.45 bits per heavy atom. The van der Waals surface area contributed by atoms with Crippen LogP contribution in [0.4, 0.5) is 11.4 Å². The first-order chi connectivity index (χ1) is 15.7. The minimum Gasteiger partial charge on any atom is -0.422 e. The fourth-order valence-corrected chi connectivity index (χ4v) is 2.65. The summed E-state index contributed by atoms with van der Waals surface area (Å²) in [5.74, 6) is -1.34. The maximum Gasteiger partial charge on any atom is 0.343 e. The van der Waals surface area contributed by atoms with Crippen LogP contribution in [0.5, 0.6) is 5.75 Å². The first-order valence-electron chi connectivity index (χ1n) is 9.40. The lowest BCUT2D eigenvalue weighted by atomic mass is 10.1. The van der Waals surface area contributed by atoms with Crippen LogP contribution in [-0.2, 0) is 0 Å². The fraction of sp³-hybridized carbons (Fsp3) is 0.0455. The zero-order valence-corrected chi connectivity index (χ0v) is 17.1. The highest BCUT2D eigenvalue weighted by molar-refractivity contribution is 5.96. The quantitative estimate of drug-likeness (QED) is 0.190. The van der Waals surface area contributed by atoms with Gasteiger partial charge in [-0.3, -0.25) is 25.0 Å². The molecule has 0 atom stereocenters. The lowest BCUT2D eigenvalue weighted by Gasteiger charge is -2.08. The monoisotopic (exact) mass is 448 g/mol. The van der Waals surface area contributed by atoms with E-state index < -0.39 is 21.7 Å². The van der Waals surface area contributed by atoms with Gasteiger partial charge in [-0.05, 0) is 37.3 Å². The molecule has 0 fully saturated rings. The van der Waals surface area contributed by atoms with E-state index in [1.54, 1.807) is 24.3 Å². The highest BCUT2D eigenvalue weighted by Crippen LogP contribution is 2.24. The summed E-state index contributed by atoms with van der Waals surface area (Å²) in [6, 6.07) is 15.1. The van der Waals surface area contributed by atoms with Crippen molar-refractivity contribution in [1.29, 1.82) is 0 Å². The fourth-order valence-electron chi connectivity index (χ4n) is 2.65. The van der Waals surface area contributed by atoms with Crippen molar-refractivity contribution < 1.29 is 24.2 Å². The minimum absolute atomic E-state index is 0.000454. The third-order valence-electron chi connectivity index (χ3n) is 4.40. The van der Waals surface area contributed by atoms with Gasteiger partial charge in [0.05, 0.1) is 21.6 Å². The van der Waals surface area contributed by atoms with Gasteiger partial charge in [0.1, 0.15) is 5.75 Å². The Balaban J connectivity index is 1.79. The Morgan fingerprint density at radius 3 is 2.06 bits per heavy atom. The predicted octanol–water partition coefficient (Wildman–Crippen LogP) is 3.79. The third kappa shape index (κ3) is 5.82. The second-order valence-corrected chi connectivity index (χ2v) is 6.74. The zero-order chi connectivity index (χ0) is 24.0. The van der Waals surface area contributed by atoms with Gasteiger partial charge >= 0.3 is 5.97 Å². The molecular weight excluding hydrogens is 432 g/mol. The summed E-state index contributed by atoms with van der Waals surface area (Å²) in [7, 11) is 0. The van der Waals surface area contributed by atoms with E-state index in [1.807, 2.05) is 6.92 Å². The number of nitrogens with zero attached hydrogens (tertiary/aromatic N) is 3. The molecule has 3 rings (SSSR count). The second-order valence-electron chi connectivity index (χ2n) is 6.74. The normalized spacial score (nSPS) is 10.6. The predicted molar refractivity (Wildman–Crippen MR) is 117 cm³/mol. The number of non-ortho nitro benzene ring substituents is 2. The number of aryl methyl sites for hydroxylation is 1. The van der Waals surface area contributed by atoms with E-state index in [0.717, 1.165) is 17.8 Å². The average Bonchev–Trinajstić information content (AvgIpc) is 2.80. The van der Waals surface area contributed by atoms with Crippen LogP contribution in [0.3, 0.4) is 0 Å². The Labute approximate surface area is 186 Å². The molecular formula is C22H16N4O7. The molecule has 0 radical (unpaired) electrons. The number of esters is 1. The molecule has 0 heterocycles. The van der Waals surface area contributed by atoms with E-state index >= 15 is 0 Å². The molecule has 1 N–H and O–H groups in total. The van der Waals surface area contributed by atoms with Crippen molar-refractivity contribution in [3.05, 3.63) is 109 Å². The first-order valence-corrected chi connectivity index (χ1v) is 9.40. The van der Waals surface area contributed by atoms with E-state index in [-0.39, 0.29) is 33.8 Å². The molecule has 0 unspecified atom stereocenters. The number of hydrazone groups is 1. The summed E-state index contributed by atoms with van der Waals surface area (Å²) in [5.41, 5.74) is 3.20. The summed E-state index contributed by atoms with van der Waals surface area (Å²) < 4.78 is 5.35. The summed E-state index contributed by atoms with van der Waals surface area (Å²) >= 11 is 0. The Hall–Kier alpha value is -4.93. The number of rotatable bonds is 7. The largest absolute Gasteiger partial charge is 0.422 e. The van der Waals surface area contributed by atoms with Crippen molar-refractivity contribution in [3.63, 3.8) is 0 Å².